The Hall–Kier alpha value is -1.08. The highest BCUT2D eigenvalue weighted by Crippen LogP contribution is 2.27. The van der Waals surface area contributed by atoms with Crippen LogP contribution in [-0.2, 0) is 6.42 Å². The smallest absolute Gasteiger partial charge is 0.0868 e. The first-order valence-corrected chi connectivity index (χ1v) is 4.73. The minimum absolute atomic E-state index is 0.617. The predicted molar refractivity (Wildman–Crippen MR) is 54.4 cm³/mol. The van der Waals surface area contributed by atoms with Crippen LogP contribution in [-0.4, -0.2) is 10.7 Å². The molecule has 1 N–H and O–H groups in total. The third kappa shape index (κ3) is 1.52. The summed E-state index contributed by atoms with van der Waals surface area (Å²) < 4.78 is 0. The van der Waals surface area contributed by atoms with E-state index in [2.05, 4.69) is 12.1 Å². The molecule has 0 spiro atoms. The number of aliphatic hydroxyl groups is 1. The van der Waals surface area contributed by atoms with Gasteiger partial charge in [-0.15, -0.1) is 0 Å². The Bertz CT molecular complexity index is 341. The van der Waals surface area contributed by atoms with Crippen LogP contribution in [0.25, 0.3) is 6.08 Å². The van der Waals surface area contributed by atoms with Crippen molar-refractivity contribution >= 4 is 6.08 Å². The van der Waals surface area contributed by atoms with E-state index < -0.39 is 5.60 Å². The largest absolute Gasteiger partial charge is 0.385 e. The molecular weight excluding hydrogens is 160 g/mol. The molecule has 1 aliphatic rings. The SMILES string of the molecule is CCC1(O)C=Cc2ccccc2C1. The van der Waals surface area contributed by atoms with Crippen LogP contribution < -0.4 is 0 Å². The fourth-order valence-corrected chi connectivity index (χ4v) is 1.73. The monoisotopic (exact) mass is 174 g/mol. The number of benzene rings is 1. The Kier molecular flexibility index (Phi) is 1.97. The minimum Gasteiger partial charge on any atom is -0.385 e. The Morgan fingerprint density at radius 3 is 2.92 bits per heavy atom. The Morgan fingerprint density at radius 2 is 2.15 bits per heavy atom. The summed E-state index contributed by atoms with van der Waals surface area (Å²) in [5, 5.41) is 10.0. The average Bonchev–Trinajstić information content (AvgIpc) is 2.18. The first-order chi connectivity index (χ1) is 6.23. The van der Waals surface area contributed by atoms with E-state index in [-0.39, 0.29) is 0 Å². The van der Waals surface area contributed by atoms with Gasteiger partial charge >= 0.3 is 0 Å². The van der Waals surface area contributed by atoms with Crippen molar-refractivity contribution in [2.45, 2.75) is 25.4 Å². The molecule has 0 saturated heterocycles. The van der Waals surface area contributed by atoms with Gasteiger partial charge in [0.1, 0.15) is 0 Å². The standard InChI is InChI=1S/C12H14O/c1-2-12(13)8-7-10-5-3-4-6-11(10)9-12/h3-8,13H,2,9H2,1H3. The van der Waals surface area contributed by atoms with Gasteiger partial charge in [0.15, 0.2) is 0 Å². The Balaban J connectivity index is 2.39. The number of hydrogen-bond acceptors (Lipinski definition) is 1. The molecule has 0 bridgehead atoms. The third-order valence-corrected chi connectivity index (χ3v) is 2.74. The van der Waals surface area contributed by atoms with E-state index in [0.29, 0.717) is 0 Å². The lowest BCUT2D eigenvalue weighted by molar-refractivity contribution is 0.0867. The number of hydrogen-bond donors (Lipinski definition) is 1. The molecule has 1 nitrogen and oxygen atoms in total. The summed E-state index contributed by atoms with van der Waals surface area (Å²) in [7, 11) is 0. The van der Waals surface area contributed by atoms with Crippen LogP contribution in [0.15, 0.2) is 30.3 Å². The van der Waals surface area contributed by atoms with Crippen molar-refractivity contribution in [3.05, 3.63) is 41.5 Å². The quantitative estimate of drug-likeness (QED) is 0.693. The molecule has 0 heterocycles. The average molecular weight is 174 g/mol. The lowest BCUT2D eigenvalue weighted by Crippen LogP contribution is -2.29. The highest BCUT2D eigenvalue weighted by atomic mass is 16.3. The van der Waals surface area contributed by atoms with E-state index >= 15 is 0 Å². The van der Waals surface area contributed by atoms with Crippen LogP contribution >= 0.6 is 0 Å². The molecule has 0 radical (unpaired) electrons. The van der Waals surface area contributed by atoms with Crippen LogP contribution in [0, 0.1) is 0 Å². The molecule has 0 saturated carbocycles. The molecule has 0 fully saturated rings. The first kappa shape index (κ1) is 8.52. The summed E-state index contributed by atoms with van der Waals surface area (Å²) in [6.07, 6.45) is 5.45. The third-order valence-electron chi connectivity index (χ3n) is 2.74. The molecule has 1 unspecified atom stereocenters. The molecule has 0 amide bonds. The van der Waals surface area contributed by atoms with Gasteiger partial charge in [0.2, 0.25) is 0 Å². The van der Waals surface area contributed by atoms with Gasteiger partial charge < -0.3 is 5.11 Å². The molecule has 2 rings (SSSR count). The topological polar surface area (TPSA) is 20.2 Å². The molecule has 1 aliphatic carbocycles. The number of fused-ring (bicyclic) bond motifs is 1. The maximum atomic E-state index is 10.0. The summed E-state index contributed by atoms with van der Waals surface area (Å²) in [5.41, 5.74) is 1.86. The van der Waals surface area contributed by atoms with Crippen LogP contribution in [0.4, 0.5) is 0 Å². The van der Waals surface area contributed by atoms with Gasteiger partial charge in [0.25, 0.3) is 0 Å². The first-order valence-electron chi connectivity index (χ1n) is 4.73. The zero-order chi connectivity index (χ0) is 9.31. The molecule has 0 aliphatic heterocycles. The van der Waals surface area contributed by atoms with E-state index in [1.165, 1.54) is 11.1 Å². The summed E-state index contributed by atoms with van der Waals surface area (Å²) in [6, 6.07) is 8.22. The second-order valence-electron chi connectivity index (χ2n) is 3.67. The van der Waals surface area contributed by atoms with Crippen molar-refractivity contribution in [3.63, 3.8) is 0 Å². The van der Waals surface area contributed by atoms with Gasteiger partial charge in [0.05, 0.1) is 5.60 Å². The van der Waals surface area contributed by atoms with Gasteiger partial charge in [-0.05, 0) is 17.5 Å². The summed E-state index contributed by atoms with van der Waals surface area (Å²) in [4.78, 5) is 0. The zero-order valence-corrected chi connectivity index (χ0v) is 7.83. The predicted octanol–water partition coefficient (Wildman–Crippen LogP) is 2.40. The zero-order valence-electron chi connectivity index (χ0n) is 7.83. The lowest BCUT2D eigenvalue weighted by Gasteiger charge is -2.27. The Labute approximate surface area is 78.7 Å². The fourth-order valence-electron chi connectivity index (χ4n) is 1.73. The van der Waals surface area contributed by atoms with Crippen molar-refractivity contribution in [2.24, 2.45) is 0 Å². The number of rotatable bonds is 1. The fraction of sp³-hybridized carbons (Fsp3) is 0.333. The molecule has 13 heavy (non-hydrogen) atoms. The molecule has 1 aromatic carbocycles. The van der Waals surface area contributed by atoms with E-state index in [1.54, 1.807) is 0 Å². The summed E-state index contributed by atoms with van der Waals surface area (Å²) in [5.74, 6) is 0. The van der Waals surface area contributed by atoms with E-state index in [1.807, 2.05) is 31.2 Å². The van der Waals surface area contributed by atoms with Crippen LogP contribution in [0.5, 0.6) is 0 Å². The van der Waals surface area contributed by atoms with Crippen molar-refractivity contribution in [1.29, 1.82) is 0 Å². The van der Waals surface area contributed by atoms with Gasteiger partial charge in [0, 0.05) is 6.42 Å². The second kappa shape index (κ2) is 3.00. The lowest BCUT2D eigenvalue weighted by atomic mass is 9.84. The van der Waals surface area contributed by atoms with Crippen LogP contribution in [0.2, 0.25) is 0 Å². The van der Waals surface area contributed by atoms with Crippen molar-refractivity contribution in [1.82, 2.24) is 0 Å². The van der Waals surface area contributed by atoms with Gasteiger partial charge in [-0.2, -0.15) is 0 Å². The maximum absolute atomic E-state index is 10.0. The van der Waals surface area contributed by atoms with Crippen molar-refractivity contribution in [3.8, 4) is 0 Å². The van der Waals surface area contributed by atoms with Gasteiger partial charge in [-0.1, -0.05) is 43.3 Å². The molecule has 0 aromatic heterocycles. The van der Waals surface area contributed by atoms with Crippen LogP contribution in [0.1, 0.15) is 24.5 Å². The maximum Gasteiger partial charge on any atom is 0.0868 e. The molecule has 1 atom stereocenters. The second-order valence-corrected chi connectivity index (χ2v) is 3.67. The minimum atomic E-state index is -0.617. The van der Waals surface area contributed by atoms with Crippen molar-refractivity contribution < 1.29 is 5.11 Å². The molecule has 1 heteroatoms. The Morgan fingerprint density at radius 1 is 1.38 bits per heavy atom. The molecule has 68 valence electrons. The summed E-state index contributed by atoms with van der Waals surface area (Å²) in [6.45, 7) is 2.01. The molecule has 1 aromatic rings. The van der Waals surface area contributed by atoms with Gasteiger partial charge in [-0.3, -0.25) is 0 Å². The molecular formula is C12H14O. The highest BCUT2D eigenvalue weighted by molar-refractivity contribution is 5.58. The van der Waals surface area contributed by atoms with E-state index in [4.69, 9.17) is 0 Å². The van der Waals surface area contributed by atoms with E-state index in [0.717, 1.165) is 12.8 Å². The van der Waals surface area contributed by atoms with E-state index in [9.17, 15) is 5.11 Å². The van der Waals surface area contributed by atoms with Gasteiger partial charge in [-0.25, -0.2) is 0 Å². The normalized spacial score (nSPS) is 25.7. The highest BCUT2D eigenvalue weighted by Gasteiger charge is 2.25. The van der Waals surface area contributed by atoms with Crippen molar-refractivity contribution in [2.75, 3.05) is 0 Å². The van der Waals surface area contributed by atoms with Crippen LogP contribution in [0.3, 0.4) is 0 Å². The summed E-state index contributed by atoms with van der Waals surface area (Å²) >= 11 is 0.